The van der Waals surface area contributed by atoms with Crippen LogP contribution in [0.25, 0.3) is 0 Å². The van der Waals surface area contributed by atoms with E-state index in [0.29, 0.717) is 12.1 Å². The van der Waals surface area contributed by atoms with Crippen LogP contribution in [0.15, 0.2) is 59.5 Å². The van der Waals surface area contributed by atoms with E-state index in [9.17, 15) is 13.2 Å². The van der Waals surface area contributed by atoms with Crippen molar-refractivity contribution in [1.82, 2.24) is 0 Å². The number of carbonyl (C=O) groups excluding carboxylic acids is 1. The summed E-state index contributed by atoms with van der Waals surface area (Å²) in [5.41, 5.74) is 1.54. The summed E-state index contributed by atoms with van der Waals surface area (Å²) in [6.07, 6.45) is -0.796. The molecule has 0 aromatic heterocycles. The Morgan fingerprint density at radius 3 is 2.20 bits per heavy atom. The molecule has 2 aromatic rings. The third kappa shape index (κ3) is 5.69. The maximum absolute atomic E-state index is 12.5. The summed E-state index contributed by atoms with van der Waals surface area (Å²) >= 11 is 0. The van der Waals surface area contributed by atoms with E-state index in [2.05, 4.69) is 5.32 Å². The summed E-state index contributed by atoms with van der Waals surface area (Å²) in [7, 11) is -4.02. The Labute approximate surface area is 149 Å². The SMILES string of the molecule is Cc1ccc(S(=O)(=O)O[C@@H](CC(C)C)C(=O)Nc2ccccc2)cc1. The lowest BCUT2D eigenvalue weighted by molar-refractivity contribution is -0.123. The number of amides is 1. The van der Waals surface area contributed by atoms with Crippen LogP contribution in [-0.2, 0) is 19.1 Å². The molecule has 0 saturated heterocycles. The summed E-state index contributed by atoms with van der Waals surface area (Å²) in [6, 6.07) is 15.2. The molecule has 1 amide bonds. The van der Waals surface area contributed by atoms with Gasteiger partial charge in [-0.3, -0.25) is 8.98 Å². The van der Waals surface area contributed by atoms with Crippen LogP contribution in [-0.4, -0.2) is 20.4 Å². The molecule has 0 aliphatic rings. The molecule has 0 aliphatic heterocycles. The molecule has 0 heterocycles. The van der Waals surface area contributed by atoms with Gasteiger partial charge in [-0.25, -0.2) is 0 Å². The van der Waals surface area contributed by atoms with Crippen molar-refractivity contribution in [3.8, 4) is 0 Å². The van der Waals surface area contributed by atoms with Crippen molar-refractivity contribution in [3.63, 3.8) is 0 Å². The van der Waals surface area contributed by atoms with Gasteiger partial charge in [0, 0.05) is 5.69 Å². The number of para-hydroxylation sites is 1. The Hall–Kier alpha value is -2.18. The number of aryl methyl sites for hydroxylation is 1. The highest BCUT2D eigenvalue weighted by Gasteiger charge is 2.28. The molecule has 25 heavy (non-hydrogen) atoms. The number of anilines is 1. The van der Waals surface area contributed by atoms with Crippen LogP contribution in [0.3, 0.4) is 0 Å². The second kappa shape index (κ2) is 8.27. The van der Waals surface area contributed by atoms with Crippen molar-refractivity contribution in [2.75, 3.05) is 5.32 Å². The van der Waals surface area contributed by atoms with Crippen LogP contribution in [0.5, 0.6) is 0 Å². The van der Waals surface area contributed by atoms with Gasteiger partial charge in [0.1, 0.15) is 0 Å². The average molecular weight is 361 g/mol. The fourth-order valence-electron chi connectivity index (χ4n) is 2.28. The lowest BCUT2D eigenvalue weighted by atomic mass is 10.1. The monoisotopic (exact) mass is 361 g/mol. The van der Waals surface area contributed by atoms with E-state index in [0.717, 1.165) is 5.56 Å². The van der Waals surface area contributed by atoms with Gasteiger partial charge in [-0.2, -0.15) is 8.42 Å². The van der Waals surface area contributed by atoms with Gasteiger partial charge in [-0.05, 0) is 43.5 Å². The van der Waals surface area contributed by atoms with E-state index < -0.39 is 22.1 Å². The summed E-state index contributed by atoms with van der Waals surface area (Å²) < 4.78 is 30.2. The minimum atomic E-state index is -4.02. The van der Waals surface area contributed by atoms with Gasteiger partial charge in [0.05, 0.1) is 4.90 Å². The molecular weight excluding hydrogens is 338 g/mol. The molecule has 2 rings (SSSR count). The number of nitrogens with one attached hydrogen (secondary N) is 1. The number of benzene rings is 2. The van der Waals surface area contributed by atoms with Gasteiger partial charge in [-0.1, -0.05) is 49.7 Å². The number of rotatable bonds is 7. The zero-order chi connectivity index (χ0) is 18.4. The van der Waals surface area contributed by atoms with Gasteiger partial charge >= 0.3 is 0 Å². The van der Waals surface area contributed by atoms with Crippen LogP contribution in [0, 0.1) is 12.8 Å². The molecule has 1 atom stereocenters. The Morgan fingerprint density at radius 1 is 1.04 bits per heavy atom. The lowest BCUT2D eigenvalue weighted by Crippen LogP contribution is -2.33. The predicted molar refractivity (Wildman–Crippen MR) is 97.8 cm³/mol. The van der Waals surface area contributed by atoms with Crippen molar-refractivity contribution >= 4 is 21.7 Å². The normalized spacial score (nSPS) is 12.8. The summed E-state index contributed by atoms with van der Waals surface area (Å²) in [5, 5.41) is 2.70. The third-order valence-electron chi connectivity index (χ3n) is 3.57. The molecule has 6 heteroatoms. The molecule has 0 spiro atoms. The first-order chi connectivity index (χ1) is 11.8. The predicted octanol–water partition coefficient (Wildman–Crippen LogP) is 3.75. The largest absolute Gasteiger partial charge is 0.324 e. The maximum Gasteiger partial charge on any atom is 0.297 e. The van der Waals surface area contributed by atoms with Crippen molar-refractivity contribution in [3.05, 3.63) is 60.2 Å². The van der Waals surface area contributed by atoms with Gasteiger partial charge in [0.2, 0.25) is 0 Å². The topological polar surface area (TPSA) is 72.5 Å². The molecule has 0 saturated carbocycles. The van der Waals surface area contributed by atoms with Gasteiger partial charge < -0.3 is 5.32 Å². The standard InChI is InChI=1S/C19H23NO4S/c1-14(2)13-18(19(21)20-16-7-5-4-6-8-16)24-25(22,23)17-11-9-15(3)10-12-17/h4-12,14,18H,13H2,1-3H3,(H,20,21)/t18-/m0/s1. The molecule has 0 aliphatic carbocycles. The lowest BCUT2D eigenvalue weighted by Gasteiger charge is -2.19. The number of carbonyl (C=O) groups is 1. The Morgan fingerprint density at radius 2 is 1.64 bits per heavy atom. The highest BCUT2D eigenvalue weighted by molar-refractivity contribution is 7.86. The van der Waals surface area contributed by atoms with Crippen LogP contribution in [0.4, 0.5) is 5.69 Å². The zero-order valence-corrected chi connectivity index (χ0v) is 15.4. The first kappa shape index (κ1) is 19.1. The van der Waals surface area contributed by atoms with E-state index in [4.69, 9.17) is 4.18 Å². The smallest absolute Gasteiger partial charge is 0.297 e. The maximum atomic E-state index is 12.5. The highest BCUT2D eigenvalue weighted by atomic mass is 32.2. The van der Waals surface area contributed by atoms with E-state index in [-0.39, 0.29) is 10.8 Å². The van der Waals surface area contributed by atoms with Gasteiger partial charge in [0.25, 0.3) is 16.0 Å². The van der Waals surface area contributed by atoms with E-state index in [1.165, 1.54) is 12.1 Å². The van der Waals surface area contributed by atoms with E-state index in [1.54, 1.807) is 36.4 Å². The Bertz CT molecular complexity index is 799. The third-order valence-corrected chi connectivity index (χ3v) is 4.91. The summed E-state index contributed by atoms with van der Waals surface area (Å²) in [4.78, 5) is 12.6. The fraction of sp³-hybridized carbons (Fsp3) is 0.316. The van der Waals surface area contributed by atoms with Gasteiger partial charge in [-0.15, -0.1) is 0 Å². The molecule has 0 fully saturated rings. The second-order valence-corrected chi connectivity index (χ2v) is 7.91. The van der Waals surface area contributed by atoms with Crippen molar-refractivity contribution in [1.29, 1.82) is 0 Å². The Kier molecular flexibility index (Phi) is 6.33. The number of hydrogen-bond donors (Lipinski definition) is 1. The van der Waals surface area contributed by atoms with Crippen molar-refractivity contribution in [2.45, 2.75) is 38.2 Å². The van der Waals surface area contributed by atoms with Crippen molar-refractivity contribution < 1.29 is 17.4 Å². The first-order valence-electron chi connectivity index (χ1n) is 8.14. The minimum Gasteiger partial charge on any atom is -0.324 e. The summed E-state index contributed by atoms with van der Waals surface area (Å²) in [5.74, 6) is -0.379. The summed E-state index contributed by atoms with van der Waals surface area (Å²) in [6.45, 7) is 5.68. The minimum absolute atomic E-state index is 0.0411. The fourth-order valence-corrected chi connectivity index (χ4v) is 3.33. The van der Waals surface area contributed by atoms with Crippen molar-refractivity contribution in [2.24, 2.45) is 5.92 Å². The van der Waals surface area contributed by atoms with Crippen LogP contribution >= 0.6 is 0 Å². The first-order valence-corrected chi connectivity index (χ1v) is 9.54. The molecule has 0 radical (unpaired) electrons. The molecule has 2 aromatic carbocycles. The molecule has 0 bridgehead atoms. The molecule has 134 valence electrons. The van der Waals surface area contributed by atoms with Crippen LogP contribution in [0.2, 0.25) is 0 Å². The molecule has 1 N–H and O–H groups in total. The zero-order valence-electron chi connectivity index (χ0n) is 14.6. The second-order valence-electron chi connectivity index (χ2n) is 6.34. The highest BCUT2D eigenvalue weighted by Crippen LogP contribution is 2.20. The number of hydrogen-bond acceptors (Lipinski definition) is 4. The van der Waals surface area contributed by atoms with E-state index in [1.807, 2.05) is 26.8 Å². The Balaban J connectivity index is 2.19. The van der Waals surface area contributed by atoms with Gasteiger partial charge in [0.15, 0.2) is 6.10 Å². The van der Waals surface area contributed by atoms with Crippen LogP contribution < -0.4 is 5.32 Å². The quantitative estimate of drug-likeness (QED) is 0.762. The van der Waals surface area contributed by atoms with Crippen LogP contribution in [0.1, 0.15) is 25.8 Å². The average Bonchev–Trinajstić information content (AvgIpc) is 2.55. The molecular formula is C19H23NO4S. The molecule has 0 unspecified atom stereocenters. The molecule has 5 nitrogen and oxygen atoms in total. The van der Waals surface area contributed by atoms with E-state index >= 15 is 0 Å².